The van der Waals surface area contributed by atoms with Gasteiger partial charge in [-0.2, -0.15) is 0 Å². The number of rotatable bonds is 2. The molecule has 0 fully saturated rings. The Bertz CT molecular complexity index is 548. The van der Waals surface area contributed by atoms with Crippen molar-refractivity contribution in [2.24, 2.45) is 0 Å². The maximum absolute atomic E-state index is 5.61. The van der Waals surface area contributed by atoms with Crippen LogP contribution in [-0.2, 0) is 0 Å². The van der Waals surface area contributed by atoms with Crippen LogP contribution in [0.4, 0.5) is 0 Å². The summed E-state index contributed by atoms with van der Waals surface area (Å²) >= 11 is 0. The fraction of sp³-hybridized carbons (Fsp3) is 0. The van der Waals surface area contributed by atoms with Gasteiger partial charge in [0.15, 0.2) is 0 Å². The second-order valence-corrected chi connectivity index (χ2v) is 3.57. The van der Waals surface area contributed by atoms with Crippen molar-refractivity contribution in [1.29, 1.82) is 0 Å². The molecule has 0 atom stereocenters. The van der Waals surface area contributed by atoms with Crippen LogP contribution in [0.25, 0.3) is 22.9 Å². The molecule has 0 amide bonds. The van der Waals surface area contributed by atoms with Crippen LogP contribution in [0.2, 0.25) is 0 Å². The summed E-state index contributed by atoms with van der Waals surface area (Å²) in [4.78, 5) is 0. The highest BCUT2D eigenvalue weighted by Crippen LogP contribution is 2.22. The third-order valence-electron chi connectivity index (χ3n) is 2.40. The fourth-order valence-corrected chi connectivity index (χ4v) is 1.56. The molecular weight excluding hydrogens is 212 g/mol. The predicted octanol–water partition coefficient (Wildman–Crippen LogP) is 3.20. The molecule has 81 valence electrons. The van der Waals surface area contributed by atoms with E-state index in [1.54, 1.807) is 0 Å². The lowest BCUT2D eigenvalue weighted by molar-refractivity contribution is 0.584. The Morgan fingerprint density at radius 1 is 0.824 bits per heavy atom. The molecule has 0 bridgehead atoms. The zero-order chi connectivity index (χ0) is 11.5. The molecule has 3 nitrogen and oxygen atoms in total. The molecule has 17 heavy (non-hydrogen) atoms. The molecule has 0 unspecified atom stereocenters. The molecule has 3 rings (SSSR count). The van der Waals surface area contributed by atoms with E-state index in [1.165, 1.54) is 0 Å². The van der Waals surface area contributed by atoms with Gasteiger partial charge >= 0.3 is 0 Å². The van der Waals surface area contributed by atoms with Crippen molar-refractivity contribution >= 4 is 0 Å². The second-order valence-electron chi connectivity index (χ2n) is 3.57. The summed E-state index contributed by atoms with van der Waals surface area (Å²) in [7, 11) is 0. The van der Waals surface area contributed by atoms with Gasteiger partial charge in [-0.05, 0) is 30.3 Å². The topological polar surface area (TPSA) is 38.9 Å². The Labute approximate surface area is 98.7 Å². The van der Waals surface area contributed by atoms with Crippen LogP contribution in [0.3, 0.4) is 0 Å². The summed E-state index contributed by atoms with van der Waals surface area (Å²) < 4.78 is 5.61. The van der Waals surface area contributed by atoms with Crippen molar-refractivity contribution in [1.82, 2.24) is 10.2 Å². The maximum atomic E-state index is 5.61. The standard InChI is InChI=1S/C14H9N2O/c1-3-7-11(8-4-1)13-15-16-14(17-13)12-9-5-2-6-10-12/h1-5,7-10H. The van der Waals surface area contributed by atoms with Gasteiger partial charge in [-0.15, -0.1) is 10.2 Å². The molecule has 3 heteroatoms. The summed E-state index contributed by atoms with van der Waals surface area (Å²) in [5, 5.41) is 8.06. The molecule has 1 heterocycles. The van der Waals surface area contributed by atoms with Crippen LogP contribution in [0.15, 0.2) is 59.0 Å². The Morgan fingerprint density at radius 2 is 1.53 bits per heavy atom. The second kappa shape index (κ2) is 4.22. The van der Waals surface area contributed by atoms with E-state index in [4.69, 9.17) is 4.42 Å². The number of aromatic nitrogens is 2. The quantitative estimate of drug-likeness (QED) is 0.667. The normalized spacial score (nSPS) is 10.4. The first-order valence-electron chi connectivity index (χ1n) is 5.29. The van der Waals surface area contributed by atoms with E-state index in [2.05, 4.69) is 16.3 Å². The predicted molar refractivity (Wildman–Crippen MR) is 64.0 cm³/mol. The summed E-state index contributed by atoms with van der Waals surface area (Å²) in [5.41, 5.74) is 1.80. The van der Waals surface area contributed by atoms with Gasteiger partial charge in [-0.3, -0.25) is 0 Å². The summed E-state index contributed by atoms with van der Waals surface area (Å²) in [5.74, 6) is 1.05. The van der Waals surface area contributed by atoms with E-state index in [0.717, 1.165) is 11.1 Å². The Balaban J connectivity index is 1.99. The molecule has 1 aromatic heterocycles. The lowest BCUT2D eigenvalue weighted by Crippen LogP contribution is -1.76. The number of benzene rings is 2. The van der Waals surface area contributed by atoms with Crippen molar-refractivity contribution in [2.45, 2.75) is 0 Å². The highest BCUT2D eigenvalue weighted by molar-refractivity contribution is 5.57. The molecule has 0 aliphatic rings. The molecule has 0 aliphatic heterocycles. The van der Waals surface area contributed by atoms with E-state index >= 15 is 0 Å². The van der Waals surface area contributed by atoms with Gasteiger partial charge < -0.3 is 4.42 Å². The lowest BCUT2D eigenvalue weighted by atomic mass is 10.2. The van der Waals surface area contributed by atoms with Crippen molar-refractivity contribution in [3.63, 3.8) is 0 Å². The summed E-state index contributed by atoms with van der Waals surface area (Å²) in [6.45, 7) is 0. The highest BCUT2D eigenvalue weighted by atomic mass is 16.4. The molecule has 0 N–H and O–H groups in total. The van der Waals surface area contributed by atoms with E-state index in [-0.39, 0.29) is 0 Å². The van der Waals surface area contributed by atoms with Crippen molar-refractivity contribution < 1.29 is 4.42 Å². The third kappa shape index (κ3) is 1.95. The summed E-state index contributed by atoms with van der Waals surface area (Å²) in [6.07, 6.45) is 0. The molecule has 0 saturated carbocycles. The van der Waals surface area contributed by atoms with Crippen molar-refractivity contribution in [3.05, 3.63) is 60.7 Å². The molecule has 0 spiro atoms. The third-order valence-corrected chi connectivity index (χ3v) is 2.40. The Morgan fingerprint density at radius 3 is 2.24 bits per heavy atom. The van der Waals surface area contributed by atoms with Crippen LogP contribution >= 0.6 is 0 Å². The molecule has 0 saturated heterocycles. The number of hydrogen-bond donors (Lipinski definition) is 0. The van der Waals surface area contributed by atoms with Gasteiger partial charge in [-0.1, -0.05) is 30.3 Å². The van der Waals surface area contributed by atoms with Gasteiger partial charge in [0.1, 0.15) is 0 Å². The lowest BCUT2D eigenvalue weighted by Gasteiger charge is -1.93. The minimum absolute atomic E-state index is 0.515. The number of nitrogens with zero attached hydrogens (tertiary/aromatic N) is 2. The van der Waals surface area contributed by atoms with Gasteiger partial charge in [-0.25, -0.2) is 0 Å². The SMILES string of the molecule is [c]1cccc(-c2nnc(-c3ccccc3)o2)c1. The largest absolute Gasteiger partial charge is 0.416 e. The van der Waals surface area contributed by atoms with Crippen LogP contribution in [0.5, 0.6) is 0 Å². The highest BCUT2D eigenvalue weighted by Gasteiger charge is 2.09. The fourth-order valence-electron chi connectivity index (χ4n) is 1.56. The maximum Gasteiger partial charge on any atom is 0.248 e. The molecular formula is C14H9N2O. The van der Waals surface area contributed by atoms with Crippen molar-refractivity contribution in [2.75, 3.05) is 0 Å². The Kier molecular flexibility index (Phi) is 2.43. The van der Waals surface area contributed by atoms with Crippen LogP contribution in [-0.4, -0.2) is 10.2 Å². The molecule has 3 aromatic rings. The zero-order valence-corrected chi connectivity index (χ0v) is 9.00. The van der Waals surface area contributed by atoms with E-state index in [9.17, 15) is 0 Å². The van der Waals surface area contributed by atoms with Crippen LogP contribution in [0, 0.1) is 6.07 Å². The van der Waals surface area contributed by atoms with Crippen LogP contribution < -0.4 is 0 Å². The molecule has 0 aliphatic carbocycles. The van der Waals surface area contributed by atoms with E-state index < -0.39 is 0 Å². The van der Waals surface area contributed by atoms with Crippen molar-refractivity contribution in [3.8, 4) is 22.9 Å². The van der Waals surface area contributed by atoms with Gasteiger partial charge in [0, 0.05) is 11.1 Å². The minimum Gasteiger partial charge on any atom is -0.416 e. The first-order chi connectivity index (χ1) is 8.43. The van der Waals surface area contributed by atoms with Gasteiger partial charge in [0.05, 0.1) is 0 Å². The first kappa shape index (κ1) is 9.78. The van der Waals surface area contributed by atoms with E-state index in [0.29, 0.717) is 11.8 Å². The smallest absolute Gasteiger partial charge is 0.248 e. The first-order valence-corrected chi connectivity index (χ1v) is 5.29. The monoisotopic (exact) mass is 221 g/mol. The average molecular weight is 221 g/mol. The van der Waals surface area contributed by atoms with E-state index in [1.807, 2.05) is 54.6 Å². The summed E-state index contributed by atoms with van der Waals surface area (Å²) in [6, 6.07) is 20.1. The van der Waals surface area contributed by atoms with Gasteiger partial charge in [0.25, 0.3) is 0 Å². The minimum atomic E-state index is 0.515. The van der Waals surface area contributed by atoms with Crippen LogP contribution in [0.1, 0.15) is 0 Å². The number of hydrogen-bond acceptors (Lipinski definition) is 3. The Hall–Kier alpha value is -2.42. The molecule has 1 radical (unpaired) electrons. The molecule has 2 aromatic carbocycles. The van der Waals surface area contributed by atoms with Gasteiger partial charge in [0.2, 0.25) is 11.8 Å². The zero-order valence-electron chi connectivity index (χ0n) is 9.00. The average Bonchev–Trinajstić information content (AvgIpc) is 2.90.